The van der Waals surface area contributed by atoms with Crippen LogP contribution in [0.3, 0.4) is 0 Å². The van der Waals surface area contributed by atoms with E-state index in [4.69, 9.17) is 10.8 Å². The Morgan fingerprint density at radius 2 is 1.87 bits per heavy atom. The first-order valence-electron chi connectivity index (χ1n) is 4.67. The van der Waals surface area contributed by atoms with E-state index < -0.39 is 17.8 Å². The van der Waals surface area contributed by atoms with E-state index in [2.05, 4.69) is 0 Å². The van der Waals surface area contributed by atoms with Crippen LogP contribution >= 0.6 is 0 Å². The first-order valence-corrected chi connectivity index (χ1v) is 4.67. The van der Waals surface area contributed by atoms with Crippen molar-refractivity contribution in [2.24, 2.45) is 5.73 Å². The van der Waals surface area contributed by atoms with Crippen LogP contribution in [-0.2, 0) is 11.2 Å². The van der Waals surface area contributed by atoms with Crippen molar-refractivity contribution >= 4 is 11.8 Å². The lowest BCUT2D eigenvalue weighted by Gasteiger charge is -2.05. The predicted molar refractivity (Wildman–Crippen MR) is 55.8 cm³/mol. The number of carboxylic acid groups (broad SMARTS) is 1. The quantitative estimate of drug-likeness (QED) is 0.566. The van der Waals surface area contributed by atoms with E-state index in [0.29, 0.717) is 5.56 Å². The van der Waals surface area contributed by atoms with E-state index >= 15 is 0 Å². The first-order chi connectivity index (χ1) is 7.06. The highest BCUT2D eigenvalue weighted by molar-refractivity contribution is 6.11. The van der Waals surface area contributed by atoms with Gasteiger partial charge in [0.1, 0.15) is 0 Å². The maximum absolute atomic E-state index is 11.5. The maximum atomic E-state index is 11.5. The van der Waals surface area contributed by atoms with Crippen molar-refractivity contribution in [3.63, 3.8) is 0 Å². The van der Waals surface area contributed by atoms with E-state index in [-0.39, 0.29) is 0 Å². The molecule has 0 bridgehead atoms. The number of benzene rings is 1. The molecule has 0 aliphatic carbocycles. The van der Waals surface area contributed by atoms with Gasteiger partial charge in [-0.25, -0.2) is 0 Å². The second-order valence-electron chi connectivity index (χ2n) is 3.23. The molecule has 0 saturated carbocycles. The normalized spacial score (nSPS) is 12.1. The summed E-state index contributed by atoms with van der Waals surface area (Å²) in [7, 11) is 0. The number of hydrogen-bond acceptors (Lipinski definition) is 3. The van der Waals surface area contributed by atoms with Gasteiger partial charge in [-0.1, -0.05) is 31.2 Å². The molecule has 0 aliphatic heterocycles. The molecule has 0 spiro atoms. The lowest BCUT2D eigenvalue weighted by molar-refractivity contribution is -0.137. The van der Waals surface area contributed by atoms with Gasteiger partial charge < -0.3 is 10.8 Å². The third-order valence-electron chi connectivity index (χ3n) is 2.20. The van der Waals surface area contributed by atoms with Gasteiger partial charge in [-0.3, -0.25) is 9.59 Å². The number of rotatable bonds is 4. The van der Waals surface area contributed by atoms with Crippen LogP contribution in [0.1, 0.15) is 22.8 Å². The molecule has 0 amide bonds. The number of hydrogen-bond donors (Lipinski definition) is 2. The molecule has 1 atom stereocenters. The van der Waals surface area contributed by atoms with Crippen molar-refractivity contribution in [1.82, 2.24) is 0 Å². The zero-order chi connectivity index (χ0) is 11.4. The van der Waals surface area contributed by atoms with Crippen LogP contribution in [-0.4, -0.2) is 22.9 Å². The van der Waals surface area contributed by atoms with Crippen molar-refractivity contribution in [2.45, 2.75) is 19.4 Å². The number of Topliss-reactive ketones (excluding diaryl/α,β-unsaturated/α-hetero) is 1. The van der Waals surface area contributed by atoms with Gasteiger partial charge in [-0.05, 0) is 12.0 Å². The lowest BCUT2D eigenvalue weighted by atomic mass is 10.0. The van der Waals surface area contributed by atoms with Gasteiger partial charge in [0.15, 0.2) is 11.8 Å². The van der Waals surface area contributed by atoms with E-state index in [9.17, 15) is 9.59 Å². The molecule has 15 heavy (non-hydrogen) atoms. The molecule has 3 N–H and O–H groups in total. The maximum Gasteiger partial charge on any atom is 0.328 e. The number of carbonyl (C=O) groups excluding carboxylic acids is 1. The van der Waals surface area contributed by atoms with Crippen molar-refractivity contribution < 1.29 is 14.7 Å². The van der Waals surface area contributed by atoms with Crippen LogP contribution in [0.15, 0.2) is 24.3 Å². The Hall–Kier alpha value is -1.68. The number of aryl methyl sites for hydroxylation is 1. The lowest BCUT2D eigenvalue weighted by Crippen LogP contribution is -2.38. The third kappa shape index (κ3) is 2.63. The summed E-state index contributed by atoms with van der Waals surface area (Å²) in [6.45, 7) is 2.00. The van der Waals surface area contributed by atoms with Crippen LogP contribution in [0.2, 0.25) is 0 Å². The Morgan fingerprint density at radius 3 is 2.27 bits per heavy atom. The highest BCUT2D eigenvalue weighted by Crippen LogP contribution is 2.07. The van der Waals surface area contributed by atoms with Crippen molar-refractivity contribution in [1.29, 1.82) is 0 Å². The minimum atomic E-state index is -1.47. The molecule has 0 heterocycles. The Morgan fingerprint density at radius 1 is 1.33 bits per heavy atom. The van der Waals surface area contributed by atoms with Gasteiger partial charge in [0.05, 0.1) is 0 Å². The van der Waals surface area contributed by atoms with E-state index in [1.54, 1.807) is 24.3 Å². The highest BCUT2D eigenvalue weighted by atomic mass is 16.4. The topological polar surface area (TPSA) is 80.4 Å². The minimum absolute atomic E-state index is 0.335. The average Bonchev–Trinajstić information content (AvgIpc) is 2.27. The zero-order valence-electron chi connectivity index (χ0n) is 8.43. The molecule has 0 aromatic heterocycles. The molecule has 80 valence electrons. The van der Waals surface area contributed by atoms with E-state index in [1.807, 2.05) is 6.92 Å². The van der Waals surface area contributed by atoms with Crippen LogP contribution in [0.25, 0.3) is 0 Å². The van der Waals surface area contributed by atoms with Gasteiger partial charge in [0.25, 0.3) is 0 Å². The van der Waals surface area contributed by atoms with Gasteiger partial charge in [-0.2, -0.15) is 0 Å². The van der Waals surface area contributed by atoms with Crippen molar-refractivity contribution in [3.05, 3.63) is 35.4 Å². The van der Waals surface area contributed by atoms with E-state index in [1.165, 1.54) is 0 Å². The first kappa shape index (κ1) is 11.4. The summed E-state index contributed by atoms with van der Waals surface area (Å²) in [5, 5.41) is 8.57. The van der Waals surface area contributed by atoms with Crippen LogP contribution in [0.5, 0.6) is 0 Å². The smallest absolute Gasteiger partial charge is 0.328 e. The van der Waals surface area contributed by atoms with Crippen LogP contribution < -0.4 is 5.73 Å². The SMILES string of the molecule is CCc1ccc(C(=O)C(N)C(=O)O)cc1. The second-order valence-corrected chi connectivity index (χ2v) is 3.23. The summed E-state index contributed by atoms with van der Waals surface area (Å²) in [6, 6.07) is 5.31. The van der Waals surface area contributed by atoms with Crippen molar-refractivity contribution in [3.8, 4) is 0 Å². The monoisotopic (exact) mass is 207 g/mol. The van der Waals surface area contributed by atoms with Gasteiger partial charge in [-0.15, -0.1) is 0 Å². The molecule has 0 radical (unpaired) electrons. The van der Waals surface area contributed by atoms with Crippen LogP contribution in [0, 0.1) is 0 Å². The molecule has 4 heteroatoms. The summed E-state index contributed by atoms with van der Waals surface area (Å²) in [5.41, 5.74) is 6.64. The fourth-order valence-corrected chi connectivity index (χ4v) is 1.20. The molecule has 1 rings (SSSR count). The fourth-order valence-electron chi connectivity index (χ4n) is 1.20. The Labute approximate surface area is 87.7 Å². The second kappa shape index (κ2) is 4.70. The zero-order valence-corrected chi connectivity index (χ0v) is 8.43. The largest absolute Gasteiger partial charge is 0.480 e. The fraction of sp³-hybridized carbons (Fsp3) is 0.273. The van der Waals surface area contributed by atoms with Gasteiger partial charge >= 0.3 is 5.97 Å². The summed E-state index contributed by atoms with van der Waals surface area (Å²) in [5.74, 6) is -1.87. The molecule has 0 saturated heterocycles. The molecule has 1 aromatic rings. The number of aliphatic carboxylic acids is 1. The molecular weight excluding hydrogens is 194 g/mol. The Bertz CT molecular complexity index is 370. The Balaban J connectivity index is 2.87. The number of carboxylic acids is 1. The summed E-state index contributed by atoms with van der Waals surface area (Å²) in [4.78, 5) is 22.0. The molecule has 0 aliphatic rings. The molecule has 0 fully saturated rings. The summed E-state index contributed by atoms with van der Waals surface area (Å²) in [6.07, 6.45) is 0.874. The molecule has 1 aromatic carbocycles. The summed E-state index contributed by atoms with van der Waals surface area (Å²) >= 11 is 0. The van der Waals surface area contributed by atoms with Gasteiger partial charge in [0, 0.05) is 5.56 Å². The molecule has 4 nitrogen and oxygen atoms in total. The van der Waals surface area contributed by atoms with E-state index in [0.717, 1.165) is 12.0 Å². The Kier molecular flexibility index (Phi) is 3.57. The molecular formula is C11H13NO3. The van der Waals surface area contributed by atoms with Gasteiger partial charge in [0.2, 0.25) is 0 Å². The average molecular weight is 207 g/mol. The predicted octanol–water partition coefficient (Wildman–Crippen LogP) is 0.844. The van der Waals surface area contributed by atoms with Crippen LogP contribution in [0.4, 0.5) is 0 Å². The number of ketones is 1. The summed E-state index contributed by atoms with van der Waals surface area (Å²) < 4.78 is 0. The minimum Gasteiger partial charge on any atom is -0.480 e. The van der Waals surface area contributed by atoms with Crippen molar-refractivity contribution in [2.75, 3.05) is 0 Å². The third-order valence-corrected chi connectivity index (χ3v) is 2.20. The molecule has 1 unspecified atom stereocenters. The number of carbonyl (C=O) groups is 2. The number of nitrogens with two attached hydrogens (primary N) is 1. The highest BCUT2D eigenvalue weighted by Gasteiger charge is 2.22. The standard InChI is InChI=1S/C11H13NO3/c1-2-7-3-5-8(6-4-7)10(13)9(12)11(14)15/h3-6,9H,2,12H2,1H3,(H,14,15).